The summed E-state index contributed by atoms with van der Waals surface area (Å²) < 4.78 is 11.7. The summed E-state index contributed by atoms with van der Waals surface area (Å²) in [6, 6.07) is 12.6. The van der Waals surface area contributed by atoms with Crippen LogP contribution in [0.1, 0.15) is 11.5 Å². The van der Waals surface area contributed by atoms with Gasteiger partial charge in [0.15, 0.2) is 0 Å². The fourth-order valence-electron chi connectivity index (χ4n) is 2.23. The van der Waals surface area contributed by atoms with Crippen molar-refractivity contribution >= 4 is 54.4 Å². The van der Waals surface area contributed by atoms with Crippen molar-refractivity contribution in [2.24, 2.45) is 0 Å². The number of nitrogens with zero attached hydrogens (tertiary/aromatic N) is 2. The van der Waals surface area contributed by atoms with Crippen molar-refractivity contribution in [2.45, 2.75) is 0 Å². The van der Waals surface area contributed by atoms with Gasteiger partial charge in [0, 0.05) is 8.95 Å². The minimum Gasteiger partial charge on any atom is -0.497 e. The molecule has 2 aromatic carbocycles. The molecule has 1 heterocycles. The Bertz CT molecular complexity index is 1080. The van der Waals surface area contributed by atoms with E-state index in [0.717, 1.165) is 10.0 Å². The SMILES string of the molecule is COc1ccc(C=C(C#N)c2nc3c(Br)cc(Br)cc3c(=O)o2)cc1. The molecule has 0 N–H and O–H groups in total. The van der Waals surface area contributed by atoms with Crippen molar-refractivity contribution in [3.8, 4) is 11.8 Å². The maximum absolute atomic E-state index is 12.3. The number of hydrogen-bond donors (Lipinski definition) is 0. The van der Waals surface area contributed by atoms with Crippen molar-refractivity contribution in [2.75, 3.05) is 7.11 Å². The number of fused-ring (bicyclic) bond motifs is 1. The van der Waals surface area contributed by atoms with Crippen LogP contribution in [-0.4, -0.2) is 12.1 Å². The molecular weight excluding hydrogens is 452 g/mol. The Hall–Kier alpha value is -2.43. The summed E-state index contributed by atoms with van der Waals surface area (Å²) in [5.41, 5.74) is 0.791. The third-order valence-electron chi connectivity index (χ3n) is 3.43. The lowest BCUT2D eigenvalue weighted by Crippen LogP contribution is -2.05. The number of aromatic nitrogens is 1. The Balaban J connectivity index is 2.14. The second-order valence-electron chi connectivity index (χ2n) is 5.03. The molecule has 0 saturated carbocycles. The molecule has 0 unspecified atom stereocenters. The number of allylic oxidation sites excluding steroid dienone is 1. The summed E-state index contributed by atoms with van der Waals surface area (Å²) in [5, 5.41) is 9.78. The van der Waals surface area contributed by atoms with E-state index >= 15 is 0 Å². The highest BCUT2D eigenvalue weighted by atomic mass is 79.9. The Morgan fingerprint density at radius 3 is 2.64 bits per heavy atom. The molecule has 0 aliphatic heterocycles. The third kappa shape index (κ3) is 3.65. The molecule has 0 fully saturated rings. The molecule has 0 aliphatic carbocycles. The number of ether oxygens (including phenoxy) is 1. The van der Waals surface area contributed by atoms with E-state index in [2.05, 4.69) is 36.8 Å². The van der Waals surface area contributed by atoms with Gasteiger partial charge in [0.1, 0.15) is 17.4 Å². The molecule has 124 valence electrons. The monoisotopic (exact) mass is 460 g/mol. The number of rotatable bonds is 3. The molecule has 25 heavy (non-hydrogen) atoms. The zero-order valence-electron chi connectivity index (χ0n) is 12.9. The van der Waals surface area contributed by atoms with E-state index in [9.17, 15) is 10.1 Å². The van der Waals surface area contributed by atoms with Crippen molar-refractivity contribution in [3.63, 3.8) is 0 Å². The Morgan fingerprint density at radius 1 is 1.28 bits per heavy atom. The standard InChI is InChI=1S/C18H10Br2N2O3/c1-24-13-4-2-10(3-5-13)6-11(9-21)17-22-16-14(18(23)25-17)7-12(19)8-15(16)20/h2-8H,1H3. The van der Waals surface area contributed by atoms with Gasteiger partial charge in [-0.3, -0.25) is 0 Å². The molecule has 7 heteroatoms. The molecule has 0 saturated heterocycles. The first-order valence-electron chi connectivity index (χ1n) is 7.08. The summed E-state index contributed by atoms with van der Waals surface area (Å²) in [5.74, 6) is 0.680. The lowest BCUT2D eigenvalue weighted by Gasteiger charge is -2.04. The number of nitriles is 1. The fraction of sp³-hybridized carbons (Fsp3) is 0.0556. The van der Waals surface area contributed by atoms with Crippen LogP contribution in [0.3, 0.4) is 0 Å². The van der Waals surface area contributed by atoms with Crippen LogP contribution >= 0.6 is 31.9 Å². The van der Waals surface area contributed by atoms with E-state index in [1.165, 1.54) is 0 Å². The van der Waals surface area contributed by atoms with Gasteiger partial charge in [-0.2, -0.15) is 5.26 Å². The minimum absolute atomic E-state index is 0.0289. The molecule has 3 rings (SSSR count). The molecule has 0 atom stereocenters. The number of halogens is 2. The van der Waals surface area contributed by atoms with Crippen LogP contribution in [-0.2, 0) is 0 Å². The van der Waals surface area contributed by atoms with Crippen molar-refractivity contribution in [1.29, 1.82) is 5.26 Å². The van der Waals surface area contributed by atoms with E-state index in [4.69, 9.17) is 9.15 Å². The van der Waals surface area contributed by atoms with Crippen LogP contribution in [0, 0.1) is 11.3 Å². The van der Waals surface area contributed by atoms with E-state index in [1.54, 1.807) is 49.6 Å². The topological polar surface area (TPSA) is 76.1 Å². The Kier molecular flexibility index (Phi) is 5.02. The maximum atomic E-state index is 12.3. The first-order chi connectivity index (χ1) is 12.0. The van der Waals surface area contributed by atoms with E-state index in [-0.39, 0.29) is 11.5 Å². The summed E-state index contributed by atoms with van der Waals surface area (Å²) >= 11 is 6.70. The number of hydrogen-bond acceptors (Lipinski definition) is 5. The molecule has 5 nitrogen and oxygen atoms in total. The van der Waals surface area contributed by atoms with Gasteiger partial charge in [-0.1, -0.05) is 28.1 Å². The zero-order valence-corrected chi connectivity index (χ0v) is 16.1. The summed E-state index contributed by atoms with van der Waals surface area (Å²) in [4.78, 5) is 16.6. The van der Waals surface area contributed by atoms with Gasteiger partial charge in [0.05, 0.1) is 18.0 Å². The van der Waals surface area contributed by atoms with Crippen LogP contribution in [0.4, 0.5) is 0 Å². The quantitative estimate of drug-likeness (QED) is 0.524. The average Bonchev–Trinajstić information content (AvgIpc) is 2.61. The molecule has 0 spiro atoms. The largest absolute Gasteiger partial charge is 0.497 e. The minimum atomic E-state index is -0.558. The first kappa shape index (κ1) is 17.4. The molecule has 0 amide bonds. The van der Waals surface area contributed by atoms with Crippen molar-refractivity contribution in [3.05, 3.63) is 67.2 Å². The first-order valence-corrected chi connectivity index (χ1v) is 8.66. The molecule has 0 bridgehead atoms. The van der Waals surface area contributed by atoms with E-state index in [1.807, 2.05) is 6.07 Å². The average molecular weight is 462 g/mol. The highest BCUT2D eigenvalue weighted by Crippen LogP contribution is 2.27. The zero-order chi connectivity index (χ0) is 18.0. The van der Waals surface area contributed by atoms with Gasteiger partial charge in [0.25, 0.3) is 0 Å². The molecule has 3 aromatic rings. The molecule has 0 aliphatic rings. The number of benzene rings is 2. The van der Waals surface area contributed by atoms with Gasteiger partial charge in [0.2, 0.25) is 5.89 Å². The summed E-state index contributed by atoms with van der Waals surface area (Å²) in [6.07, 6.45) is 1.60. The highest BCUT2D eigenvalue weighted by Gasteiger charge is 2.14. The lowest BCUT2D eigenvalue weighted by molar-refractivity contribution is 0.415. The van der Waals surface area contributed by atoms with Crippen LogP contribution in [0.15, 0.2) is 54.6 Å². The van der Waals surface area contributed by atoms with Crippen molar-refractivity contribution in [1.82, 2.24) is 4.98 Å². The molecule has 1 aromatic heterocycles. The third-order valence-corrected chi connectivity index (χ3v) is 4.49. The normalized spacial score (nSPS) is 11.4. The summed E-state index contributed by atoms with van der Waals surface area (Å²) in [6.45, 7) is 0. The smallest absolute Gasteiger partial charge is 0.347 e. The van der Waals surface area contributed by atoms with Gasteiger partial charge in [-0.15, -0.1) is 0 Å². The molecular formula is C18H10Br2N2O3. The predicted molar refractivity (Wildman–Crippen MR) is 102 cm³/mol. The van der Waals surface area contributed by atoms with Crippen LogP contribution < -0.4 is 10.4 Å². The van der Waals surface area contributed by atoms with Crippen molar-refractivity contribution < 1.29 is 9.15 Å². The maximum Gasteiger partial charge on any atom is 0.347 e. The lowest BCUT2D eigenvalue weighted by atomic mass is 10.1. The summed E-state index contributed by atoms with van der Waals surface area (Å²) in [7, 11) is 1.58. The van der Waals surface area contributed by atoms with Gasteiger partial charge in [-0.05, 0) is 51.8 Å². The Morgan fingerprint density at radius 2 is 2.00 bits per heavy atom. The molecule has 0 radical (unpaired) electrons. The van der Waals surface area contributed by atoms with E-state index < -0.39 is 5.63 Å². The van der Waals surface area contributed by atoms with Gasteiger partial charge >= 0.3 is 5.63 Å². The fourth-order valence-corrected chi connectivity index (χ4v) is 3.54. The van der Waals surface area contributed by atoms with Gasteiger partial charge in [-0.25, -0.2) is 9.78 Å². The second-order valence-corrected chi connectivity index (χ2v) is 6.80. The van der Waals surface area contributed by atoms with Crippen LogP contribution in [0.25, 0.3) is 22.6 Å². The van der Waals surface area contributed by atoms with Gasteiger partial charge < -0.3 is 9.15 Å². The van der Waals surface area contributed by atoms with Crippen LogP contribution in [0.2, 0.25) is 0 Å². The van der Waals surface area contributed by atoms with E-state index in [0.29, 0.717) is 21.1 Å². The highest BCUT2D eigenvalue weighted by molar-refractivity contribution is 9.11. The predicted octanol–water partition coefficient (Wildman–Crippen LogP) is 4.79. The Labute approximate surface area is 159 Å². The number of methoxy groups -OCH3 is 1. The van der Waals surface area contributed by atoms with Crippen LogP contribution in [0.5, 0.6) is 5.75 Å². The second kappa shape index (κ2) is 7.21.